The molecular weight excluding hydrogens is 140 g/mol. The van der Waals surface area contributed by atoms with E-state index in [0.717, 1.165) is 6.26 Å². The Balaban J connectivity index is 4.26. The molecule has 0 aromatic rings. The van der Waals surface area contributed by atoms with Gasteiger partial charge in [-0.15, -0.1) is 0 Å². The average molecular weight is 154 g/mol. The molecule has 0 amide bonds. The summed E-state index contributed by atoms with van der Waals surface area (Å²) in [6.07, 6.45) is 1.11. The molecule has 0 aliphatic heterocycles. The van der Waals surface area contributed by atoms with Gasteiger partial charge in [-0.25, -0.2) is 4.79 Å². The SMILES string of the molecule is C=COC(=O)C(=C)C(C)(C)C. The molecule has 0 unspecified atom stereocenters. The van der Waals surface area contributed by atoms with E-state index in [-0.39, 0.29) is 5.41 Å². The lowest BCUT2D eigenvalue weighted by atomic mass is 9.88. The molecule has 2 heteroatoms. The van der Waals surface area contributed by atoms with Crippen LogP contribution in [0.15, 0.2) is 25.0 Å². The zero-order valence-electron chi connectivity index (χ0n) is 7.31. The van der Waals surface area contributed by atoms with E-state index in [1.807, 2.05) is 20.8 Å². The van der Waals surface area contributed by atoms with Gasteiger partial charge in [-0.2, -0.15) is 0 Å². The van der Waals surface area contributed by atoms with Crippen molar-refractivity contribution in [1.29, 1.82) is 0 Å². The molecule has 0 rings (SSSR count). The minimum absolute atomic E-state index is 0.236. The Hall–Kier alpha value is -1.05. The monoisotopic (exact) mass is 154 g/mol. The van der Waals surface area contributed by atoms with Gasteiger partial charge in [-0.05, 0) is 5.41 Å². The van der Waals surface area contributed by atoms with Crippen molar-refractivity contribution in [3.63, 3.8) is 0 Å². The molecule has 0 fully saturated rings. The molecule has 62 valence electrons. The van der Waals surface area contributed by atoms with Crippen molar-refractivity contribution in [2.75, 3.05) is 0 Å². The van der Waals surface area contributed by atoms with Crippen molar-refractivity contribution < 1.29 is 9.53 Å². The van der Waals surface area contributed by atoms with Gasteiger partial charge in [-0.1, -0.05) is 33.9 Å². The van der Waals surface area contributed by atoms with Crippen molar-refractivity contribution >= 4 is 5.97 Å². The lowest BCUT2D eigenvalue weighted by molar-refractivity contribution is -0.134. The zero-order valence-corrected chi connectivity index (χ0v) is 7.31. The lowest BCUT2D eigenvalue weighted by Crippen LogP contribution is -2.17. The molecule has 0 radical (unpaired) electrons. The Bertz CT molecular complexity index is 184. The molecule has 0 aromatic carbocycles. The van der Waals surface area contributed by atoms with Crippen LogP contribution in [-0.2, 0) is 9.53 Å². The van der Waals surface area contributed by atoms with Gasteiger partial charge in [0.1, 0.15) is 0 Å². The van der Waals surface area contributed by atoms with E-state index in [4.69, 9.17) is 0 Å². The molecule has 2 nitrogen and oxygen atoms in total. The number of ether oxygens (including phenoxy) is 1. The number of esters is 1. The van der Waals surface area contributed by atoms with Crippen LogP contribution in [0, 0.1) is 5.41 Å². The summed E-state index contributed by atoms with van der Waals surface area (Å²) >= 11 is 0. The van der Waals surface area contributed by atoms with E-state index < -0.39 is 5.97 Å². The van der Waals surface area contributed by atoms with Crippen LogP contribution in [0.5, 0.6) is 0 Å². The Morgan fingerprint density at radius 2 is 1.91 bits per heavy atom. The topological polar surface area (TPSA) is 26.3 Å². The van der Waals surface area contributed by atoms with Gasteiger partial charge >= 0.3 is 5.97 Å². The fourth-order valence-electron chi connectivity index (χ4n) is 0.453. The van der Waals surface area contributed by atoms with Crippen molar-refractivity contribution in [2.24, 2.45) is 5.41 Å². The first-order valence-electron chi connectivity index (χ1n) is 3.41. The van der Waals surface area contributed by atoms with E-state index in [9.17, 15) is 4.79 Å². The molecule has 0 atom stereocenters. The lowest BCUT2D eigenvalue weighted by Gasteiger charge is -2.18. The van der Waals surface area contributed by atoms with Crippen molar-refractivity contribution in [3.8, 4) is 0 Å². The average Bonchev–Trinajstić information content (AvgIpc) is 1.85. The largest absolute Gasteiger partial charge is 0.432 e. The number of hydrogen-bond donors (Lipinski definition) is 0. The number of carbonyl (C=O) groups excluding carboxylic acids is 1. The zero-order chi connectivity index (χ0) is 9.07. The van der Waals surface area contributed by atoms with Gasteiger partial charge in [0.15, 0.2) is 0 Å². The number of carbonyl (C=O) groups is 1. The third-order valence-corrected chi connectivity index (χ3v) is 1.34. The Morgan fingerprint density at radius 3 is 2.18 bits per heavy atom. The molecule has 11 heavy (non-hydrogen) atoms. The Morgan fingerprint density at radius 1 is 1.45 bits per heavy atom. The van der Waals surface area contributed by atoms with Crippen LogP contribution in [0.25, 0.3) is 0 Å². The summed E-state index contributed by atoms with van der Waals surface area (Å²) in [7, 11) is 0. The molecule has 0 saturated heterocycles. The van der Waals surface area contributed by atoms with E-state index in [0.29, 0.717) is 5.57 Å². The van der Waals surface area contributed by atoms with Crippen LogP contribution in [0.3, 0.4) is 0 Å². The van der Waals surface area contributed by atoms with Gasteiger partial charge < -0.3 is 4.74 Å². The predicted octanol–water partition coefficient (Wildman–Crippen LogP) is 2.28. The molecule has 0 spiro atoms. The van der Waals surface area contributed by atoms with Crippen molar-refractivity contribution in [2.45, 2.75) is 20.8 Å². The van der Waals surface area contributed by atoms with Crippen LogP contribution in [0.2, 0.25) is 0 Å². The highest BCUT2D eigenvalue weighted by molar-refractivity contribution is 5.89. The van der Waals surface area contributed by atoms with Gasteiger partial charge in [0.05, 0.1) is 6.26 Å². The first kappa shape index (κ1) is 9.95. The molecule has 0 N–H and O–H groups in total. The summed E-state index contributed by atoms with van der Waals surface area (Å²) in [5, 5.41) is 0. The van der Waals surface area contributed by atoms with Crippen LogP contribution in [-0.4, -0.2) is 5.97 Å². The van der Waals surface area contributed by atoms with E-state index in [2.05, 4.69) is 17.9 Å². The van der Waals surface area contributed by atoms with Gasteiger partial charge in [-0.3, -0.25) is 0 Å². The maximum absolute atomic E-state index is 11.0. The maximum Gasteiger partial charge on any atom is 0.338 e. The summed E-state index contributed by atoms with van der Waals surface area (Å²) in [6, 6.07) is 0. The van der Waals surface area contributed by atoms with Crippen LogP contribution < -0.4 is 0 Å². The summed E-state index contributed by atoms with van der Waals surface area (Å²) < 4.78 is 4.56. The van der Waals surface area contributed by atoms with E-state index in [1.54, 1.807) is 0 Å². The minimum atomic E-state index is -0.410. The fraction of sp³-hybridized carbons (Fsp3) is 0.444. The molecule has 0 aromatic heterocycles. The summed E-state index contributed by atoms with van der Waals surface area (Å²) in [5.74, 6) is -0.410. The highest BCUT2D eigenvalue weighted by Gasteiger charge is 2.21. The first-order valence-corrected chi connectivity index (χ1v) is 3.41. The van der Waals surface area contributed by atoms with Gasteiger partial charge in [0.25, 0.3) is 0 Å². The number of rotatable bonds is 2. The van der Waals surface area contributed by atoms with Crippen LogP contribution in [0.1, 0.15) is 20.8 Å². The smallest absolute Gasteiger partial charge is 0.338 e. The third-order valence-electron chi connectivity index (χ3n) is 1.34. The van der Waals surface area contributed by atoms with Gasteiger partial charge in [0.2, 0.25) is 0 Å². The van der Waals surface area contributed by atoms with Crippen LogP contribution >= 0.6 is 0 Å². The second-order valence-electron chi connectivity index (χ2n) is 3.30. The predicted molar refractivity (Wildman–Crippen MR) is 44.9 cm³/mol. The summed E-state index contributed by atoms with van der Waals surface area (Å²) in [6.45, 7) is 12.6. The second-order valence-corrected chi connectivity index (χ2v) is 3.30. The summed E-state index contributed by atoms with van der Waals surface area (Å²) in [4.78, 5) is 11.0. The Kier molecular flexibility index (Phi) is 3.05. The maximum atomic E-state index is 11.0. The van der Waals surface area contributed by atoms with Gasteiger partial charge in [0, 0.05) is 5.57 Å². The standard InChI is InChI=1S/C9H14O2/c1-6-11-8(10)7(2)9(3,4)5/h6H,1-2H2,3-5H3. The fourth-order valence-corrected chi connectivity index (χ4v) is 0.453. The quantitative estimate of drug-likeness (QED) is 0.346. The molecule has 0 aliphatic carbocycles. The number of hydrogen-bond acceptors (Lipinski definition) is 2. The van der Waals surface area contributed by atoms with Crippen molar-refractivity contribution in [3.05, 3.63) is 25.0 Å². The first-order chi connectivity index (χ1) is 4.89. The molecule has 0 saturated carbocycles. The Labute approximate surface area is 67.6 Å². The molecular formula is C9H14O2. The molecule has 0 aliphatic rings. The minimum Gasteiger partial charge on any atom is -0.432 e. The highest BCUT2D eigenvalue weighted by atomic mass is 16.5. The van der Waals surface area contributed by atoms with Crippen LogP contribution in [0.4, 0.5) is 0 Å². The van der Waals surface area contributed by atoms with E-state index in [1.165, 1.54) is 0 Å². The highest BCUT2D eigenvalue weighted by Crippen LogP contribution is 2.24. The van der Waals surface area contributed by atoms with E-state index >= 15 is 0 Å². The molecule has 0 heterocycles. The second kappa shape index (κ2) is 3.37. The molecule has 0 bridgehead atoms. The third kappa shape index (κ3) is 3.03. The summed E-state index contributed by atoms with van der Waals surface area (Å²) in [5.41, 5.74) is 0.220. The normalized spacial score (nSPS) is 10.5. The van der Waals surface area contributed by atoms with Crippen molar-refractivity contribution in [1.82, 2.24) is 0 Å².